The lowest BCUT2D eigenvalue weighted by Crippen LogP contribution is -2.47. The van der Waals surface area contributed by atoms with E-state index < -0.39 is 0 Å². The summed E-state index contributed by atoms with van der Waals surface area (Å²) in [6.07, 6.45) is 9.62. The maximum atomic E-state index is 5.95. The van der Waals surface area contributed by atoms with Crippen LogP contribution in [0.2, 0.25) is 0 Å². The standard InChI is InChI=1S/C16H32N2O/c1-3-11-19-16-8-6-10-18(13-16)14(2)12-15-7-4-5-9-17-15/h14-17H,3-13H2,1-2H3. The predicted octanol–water partition coefficient (Wildman–Crippen LogP) is 2.80. The van der Waals surface area contributed by atoms with E-state index in [1.807, 2.05) is 0 Å². The predicted molar refractivity (Wildman–Crippen MR) is 80.6 cm³/mol. The first-order valence-electron chi connectivity index (χ1n) is 8.38. The van der Waals surface area contributed by atoms with Gasteiger partial charge in [0, 0.05) is 25.2 Å². The molecule has 0 radical (unpaired) electrons. The van der Waals surface area contributed by atoms with Gasteiger partial charge < -0.3 is 10.1 Å². The fourth-order valence-electron chi connectivity index (χ4n) is 3.47. The molecular formula is C16H32N2O. The van der Waals surface area contributed by atoms with Gasteiger partial charge in [-0.15, -0.1) is 0 Å². The maximum absolute atomic E-state index is 5.95. The number of nitrogens with zero attached hydrogens (tertiary/aromatic N) is 1. The average Bonchev–Trinajstić information content (AvgIpc) is 2.46. The topological polar surface area (TPSA) is 24.5 Å². The Bertz CT molecular complexity index is 241. The Hall–Kier alpha value is -0.120. The van der Waals surface area contributed by atoms with Gasteiger partial charge in [0.1, 0.15) is 0 Å². The first-order chi connectivity index (χ1) is 9.29. The molecule has 2 aliphatic rings. The molecule has 2 aliphatic heterocycles. The number of hydrogen-bond donors (Lipinski definition) is 1. The molecule has 0 saturated carbocycles. The van der Waals surface area contributed by atoms with Crippen LogP contribution in [0, 0.1) is 0 Å². The summed E-state index contributed by atoms with van der Waals surface area (Å²) in [5.74, 6) is 0. The van der Waals surface area contributed by atoms with Crippen LogP contribution in [0.3, 0.4) is 0 Å². The van der Waals surface area contributed by atoms with Gasteiger partial charge in [0.05, 0.1) is 6.10 Å². The smallest absolute Gasteiger partial charge is 0.0702 e. The molecule has 0 bridgehead atoms. The van der Waals surface area contributed by atoms with E-state index in [0.717, 1.165) is 25.6 Å². The van der Waals surface area contributed by atoms with Crippen molar-refractivity contribution in [2.45, 2.75) is 77.0 Å². The highest BCUT2D eigenvalue weighted by Crippen LogP contribution is 2.20. The number of rotatable bonds is 6. The van der Waals surface area contributed by atoms with Crippen molar-refractivity contribution in [2.75, 3.05) is 26.2 Å². The lowest BCUT2D eigenvalue weighted by atomic mass is 9.96. The van der Waals surface area contributed by atoms with Crippen LogP contribution in [-0.2, 0) is 4.74 Å². The molecule has 0 amide bonds. The number of nitrogens with one attached hydrogen (secondary N) is 1. The molecule has 3 atom stereocenters. The van der Waals surface area contributed by atoms with Gasteiger partial charge in [-0.05, 0) is 58.5 Å². The highest BCUT2D eigenvalue weighted by molar-refractivity contribution is 4.82. The van der Waals surface area contributed by atoms with Crippen molar-refractivity contribution >= 4 is 0 Å². The molecule has 2 rings (SSSR count). The normalized spacial score (nSPS) is 31.3. The van der Waals surface area contributed by atoms with Gasteiger partial charge in [0.25, 0.3) is 0 Å². The first kappa shape index (κ1) is 15.3. The fourth-order valence-corrected chi connectivity index (χ4v) is 3.47. The molecule has 2 heterocycles. The van der Waals surface area contributed by atoms with Crippen LogP contribution in [0.25, 0.3) is 0 Å². The number of hydrogen-bond acceptors (Lipinski definition) is 3. The summed E-state index contributed by atoms with van der Waals surface area (Å²) in [5, 5.41) is 3.68. The van der Waals surface area contributed by atoms with Gasteiger partial charge in [-0.1, -0.05) is 13.3 Å². The van der Waals surface area contributed by atoms with Gasteiger partial charge >= 0.3 is 0 Å². The first-order valence-corrected chi connectivity index (χ1v) is 8.38. The third-order valence-corrected chi connectivity index (χ3v) is 4.63. The molecule has 2 fully saturated rings. The largest absolute Gasteiger partial charge is 0.377 e. The zero-order chi connectivity index (χ0) is 13.5. The zero-order valence-electron chi connectivity index (χ0n) is 12.9. The molecular weight excluding hydrogens is 236 g/mol. The maximum Gasteiger partial charge on any atom is 0.0702 e. The summed E-state index contributed by atoms with van der Waals surface area (Å²) in [6.45, 7) is 9.15. The molecule has 1 N–H and O–H groups in total. The van der Waals surface area contributed by atoms with E-state index in [4.69, 9.17) is 4.74 Å². The summed E-state index contributed by atoms with van der Waals surface area (Å²) in [5.41, 5.74) is 0. The summed E-state index contributed by atoms with van der Waals surface area (Å²) >= 11 is 0. The van der Waals surface area contributed by atoms with Gasteiger partial charge in [0.2, 0.25) is 0 Å². The second-order valence-corrected chi connectivity index (χ2v) is 6.36. The van der Waals surface area contributed by atoms with Crippen molar-refractivity contribution in [3.63, 3.8) is 0 Å². The van der Waals surface area contributed by atoms with Gasteiger partial charge in [0.15, 0.2) is 0 Å². The number of ether oxygens (including phenoxy) is 1. The summed E-state index contributed by atoms with van der Waals surface area (Å²) in [4.78, 5) is 2.65. The Morgan fingerprint density at radius 3 is 2.89 bits per heavy atom. The van der Waals surface area contributed by atoms with Gasteiger partial charge in [-0.25, -0.2) is 0 Å². The summed E-state index contributed by atoms with van der Waals surface area (Å²) < 4.78 is 5.95. The van der Waals surface area contributed by atoms with E-state index in [2.05, 4.69) is 24.1 Å². The van der Waals surface area contributed by atoms with Crippen LogP contribution in [-0.4, -0.2) is 49.3 Å². The number of piperidine rings is 2. The van der Waals surface area contributed by atoms with Crippen LogP contribution in [0.5, 0.6) is 0 Å². The second-order valence-electron chi connectivity index (χ2n) is 6.36. The van der Waals surface area contributed by atoms with Gasteiger partial charge in [-0.2, -0.15) is 0 Å². The van der Waals surface area contributed by atoms with Crippen molar-refractivity contribution in [2.24, 2.45) is 0 Å². The monoisotopic (exact) mass is 268 g/mol. The molecule has 2 saturated heterocycles. The van der Waals surface area contributed by atoms with Crippen LogP contribution in [0.1, 0.15) is 58.8 Å². The summed E-state index contributed by atoms with van der Waals surface area (Å²) in [7, 11) is 0. The average molecular weight is 268 g/mol. The van der Waals surface area contributed by atoms with E-state index in [1.54, 1.807) is 0 Å². The van der Waals surface area contributed by atoms with Crippen LogP contribution >= 0.6 is 0 Å². The van der Waals surface area contributed by atoms with E-state index in [0.29, 0.717) is 12.1 Å². The SMILES string of the molecule is CCCOC1CCCN(C(C)CC2CCCCN2)C1. The third kappa shape index (κ3) is 5.05. The molecule has 3 unspecified atom stereocenters. The van der Waals surface area contributed by atoms with E-state index >= 15 is 0 Å². The highest BCUT2D eigenvalue weighted by Gasteiger charge is 2.26. The number of likely N-dealkylation sites (tertiary alicyclic amines) is 1. The van der Waals surface area contributed by atoms with Crippen LogP contribution in [0.4, 0.5) is 0 Å². The molecule has 0 aromatic rings. The lowest BCUT2D eigenvalue weighted by molar-refractivity contribution is -0.0126. The van der Waals surface area contributed by atoms with Crippen LogP contribution < -0.4 is 5.32 Å². The van der Waals surface area contributed by atoms with Gasteiger partial charge in [-0.3, -0.25) is 4.90 Å². The molecule has 0 aromatic carbocycles. The minimum atomic E-state index is 0.482. The Labute approximate surface area is 119 Å². The van der Waals surface area contributed by atoms with Crippen LogP contribution in [0.15, 0.2) is 0 Å². The van der Waals surface area contributed by atoms with Crippen molar-refractivity contribution in [3.8, 4) is 0 Å². The Morgan fingerprint density at radius 1 is 1.26 bits per heavy atom. The molecule has 0 spiro atoms. The van der Waals surface area contributed by atoms with E-state index in [-0.39, 0.29) is 0 Å². The quantitative estimate of drug-likeness (QED) is 0.801. The molecule has 0 aromatic heterocycles. The molecule has 3 heteroatoms. The lowest BCUT2D eigenvalue weighted by Gasteiger charge is -2.38. The van der Waals surface area contributed by atoms with E-state index in [9.17, 15) is 0 Å². The zero-order valence-corrected chi connectivity index (χ0v) is 12.9. The molecule has 0 aliphatic carbocycles. The van der Waals surface area contributed by atoms with E-state index in [1.165, 1.54) is 51.6 Å². The second kappa shape index (κ2) is 8.23. The van der Waals surface area contributed by atoms with Crippen molar-refractivity contribution in [3.05, 3.63) is 0 Å². The highest BCUT2D eigenvalue weighted by atomic mass is 16.5. The van der Waals surface area contributed by atoms with Crippen molar-refractivity contribution < 1.29 is 4.74 Å². The Kier molecular flexibility index (Phi) is 6.62. The Morgan fingerprint density at radius 2 is 2.16 bits per heavy atom. The Balaban J connectivity index is 1.72. The minimum absolute atomic E-state index is 0.482. The van der Waals surface area contributed by atoms with Crippen molar-refractivity contribution in [1.82, 2.24) is 10.2 Å². The molecule has 112 valence electrons. The van der Waals surface area contributed by atoms with Crippen molar-refractivity contribution in [1.29, 1.82) is 0 Å². The third-order valence-electron chi connectivity index (χ3n) is 4.63. The fraction of sp³-hybridized carbons (Fsp3) is 1.00. The molecule has 19 heavy (non-hydrogen) atoms. The molecule has 3 nitrogen and oxygen atoms in total. The minimum Gasteiger partial charge on any atom is -0.377 e. The summed E-state index contributed by atoms with van der Waals surface area (Å²) in [6, 6.07) is 1.45.